The Morgan fingerprint density at radius 3 is 2.42 bits per heavy atom. The van der Waals surface area contributed by atoms with Crippen LogP contribution in [0.5, 0.6) is 0 Å². The van der Waals surface area contributed by atoms with Crippen molar-refractivity contribution in [3.05, 3.63) is 83.7 Å². The predicted molar refractivity (Wildman–Crippen MR) is 136 cm³/mol. The lowest BCUT2D eigenvalue weighted by molar-refractivity contribution is 0.247. The molecule has 1 saturated heterocycles. The lowest BCUT2D eigenvalue weighted by atomic mass is 9.90. The lowest BCUT2D eigenvalue weighted by Gasteiger charge is -2.36. The number of pyridine rings is 1. The van der Waals surface area contributed by atoms with Gasteiger partial charge in [-0.15, -0.1) is 0 Å². The molecule has 1 aliphatic carbocycles. The standard InChI is InChI=1S/C28H31N5/c29-24-12-13-27-30-28(23-11-10-21-6-4-5-7-22(21)18-23)26(33(27)19-24)20-31-14-16-32(17-15-31)25-8-2-1-3-9-25/h1-3,8-13,18-19H,4-7,14-17,20,29H2. The quantitative estimate of drug-likeness (QED) is 0.499. The van der Waals surface area contributed by atoms with Crippen molar-refractivity contribution in [1.82, 2.24) is 14.3 Å². The Balaban J connectivity index is 1.31. The van der Waals surface area contributed by atoms with E-state index in [0.29, 0.717) is 0 Å². The first-order valence-corrected chi connectivity index (χ1v) is 12.2. The maximum atomic E-state index is 6.18. The number of piperazine rings is 1. The molecule has 0 unspecified atom stereocenters. The van der Waals surface area contributed by atoms with Gasteiger partial charge in [0.05, 0.1) is 11.4 Å². The van der Waals surface area contributed by atoms with E-state index in [9.17, 15) is 0 Å². The number of nitrogen functional groups attached to an aromatic ring is 1. The van der Waals surface area contributed by atoms with Gasteiger partial charge in [-0.25, -0.2) is 4.98 Å². The van der Waals surface area contributed by atoms with E-state index in [0.717, 1.165) is 49.8 Å². The van der Waals surface area contributed by atoms with Crippen LogP contribution in [0.25, 0.3) is 16.9 Å². The molecule has 3 heterocycles. The van der Waals surface area contributed by atoms with Crippen LogP contribution in [-0.2, 0) is 19.4 Å². The Labute approximate surface area is 195 Å². The molecule has 5 heteroatoms. The summed E-state index contributed by atoms with van der Waals surface area (Å²) >= 11 is 0. The van der Waals surface area contributed by atoms with Crippen LogP contribution in [0.1, 0.15) is 29.7 Å². The second-order valence-electron chi connectivity index (χ2n) is 9.39. The van der Waals surface area contributed by atoms with Gasteiger partial charge in [-0.05, 0) is 67.1 Å². The number of anilines is 2. The van der Waals surface area contributed by atoms with Crippen LogP contribution in [-0.4, -0.2) is 40.5 Å². The third-order valence-electron chi connectivity index (χ3n) is 7.23. The fourth-order valence-corrected chi connectivity index (χ4v) is 5.39. The molecule has 0 bridgehead atoms. The van der Waals surface area contributed by atoms with E-state index in [1.807, 2.05) is 18.3 Å². The highest BCUT2D eigenvalue weighted by Gasteiger charge is 2.22. The molecule has 6 rings (SSSR count). The van der Waals surface area contributed by atoms with Gasteiger partial charge in [-0.1, -0.05) is 30.3 Å². The van der Waals surface area contributed by atoms with Gasteiger partial charge in [0.25, 0.3) is 0 Å². The number of benzene rings is 2. The molecule has 2 aromatic carbocycles. The van der Waals surface area contributed by atoms with Gasteiger partial charge >= 0.3 is 0 Å². The molecule has 0 amide bonds. The molecule has 2 aromatic heterocycles. The summed E-state index contributed by atoms with van der Waals surface area (Å²) in [5, 5.41) is 0. The zero-order chi connectivity index (χ0) is 22.2. The highest BCUT2D eigenvalue weighted by molar-refractivity contribution is 5.69. The average Bonchev–Trinajstić information content (AvgIpc) is 3.22. The summed E-state index contributed by atoms with van der Waals surface area (Å²) in [4.78, 5) is 10.1. The fourth-order valence-electron chi connectivity index (χ4n) is 5.39. The van der Waals surface area contributed by atoms with Gasteiger partial charge in [0.15, 0.2) is 0 Å². The first-order chi connectivity index (χ1) is 16.2. The van der Waals surface area contributed by atoms with E-state index < -0.39 is 0 Å². The van der Waals surface area contributed by atoms with Gasteiger partial charge in [0.2, 0.25) is 0 Å². The summed E-state index contributed by atoms with van der Waals surface area (Å²) < 4.78 is 2.20. The number of imidazole rings is 1. The Bertz CT molecular complexity index is 1270. The summed E-state index contributed by atoms with van der Waals surface area (Å²) in [7, 11) is 0. The van der Waals surface area contributed by atoms with Crippen LogP contribution in [0.15, 0.2) is 66.9 Å². The van der Waals surface area contributed by atoms with Crippen LogP contribution in [0.2, 0.25) is 0 Å². The third kappa shape index (κ3) is 3.98. The molecule has 0 radical (unpaired) electrons. The first-order valence-electron chi connectivity index (χ1n) is 12.2. The van der Waals surface area contributed by atoms with Crippen LogP contribution >= 0.6 is 0 Å². The van der Waals surface area contributed by atoms with Crippen molar-refractivity contribution >= 4 is 17.0 Å². The van der Waals surface area contributed by atoms with Crippen molar-refractivity contribution in [3.63, 3.8) is 0 Å². The monoisotopic (exact) mass is 437 g/mol. The number of rotatable bonds is 4. The topological polar surface area (TPSA) is 49.8 Å². The highest BCUT2D eigenvalue weighted by atomic mass is 15.3. The highest BCUT2D eigenvalue weighted by Crippen LogP contribution is 2.31. The van der Waals surface area contributed by atoms with Gasteiger partial charge < -0.3 is 15.0 Å². The molecule has 33 heavy (non-hydrogen) atoms. The number of nitrogens with two attached hydrogens (primary N) is 1. The van der Waals surface area contributed by atoms with E-state index in [-0.39, 0.29) is 0 Å². The Morgan fingerprint density at radius 2 is 1.61 bits per heavy atom. The van der Waals surface area contributed by atoms with Crippen molar-refractivity contribution in [2.75, 3.05) is 36.8 Å². The molecule has 0 spiro atoms. The molecule has 168 valence electrons. The van der Waals surface area contributed by atoms with Crippen molar-refractivity contribution < 1.29 is 0 Å². The van der Waals surface area contributed by atoms with Crippen molar-refractivity contribution in [2.24, 2.45) is 0 Å². The van der Waals surface area contributed by atoms with Crippen molar-refractivity contribution in [2.45, 2.75) is 32.2 Å². The average molecular weight is 438 g/mol. The Morgan fingerprint density at radius 1 is 0.818 bits per heavy atom. The van der Waals surface area contributed by atoms with Crippen molar-refractivity contribution in [3.8, 4) is 11.3 Å². The molecule has 1 aliphatic heterocycles. The molecular formula is C28H31N5. The molecule has 0 atom stereocenters. The van der Waals surface area contributed by atoms with Crippen LogP contribution in [0.3, 0.4) is 0 Å². The largest absolute Gasteiger partial charge is 0.398 e. The zero-order valence-corrected chi connectivity index (χ0v) is 19.1. The summed E-state index contributed by atoms with van der Waals surface area (Å²) in [6, 6.07) is 21.7. The second kappa shape index (κ2) is 8.56. The Kier molecular flexibility index (Phi) is 5.27. The van der Waals surface area contributed by atoms with E-state index in [2.05, 4.69) is 62.7 Å². The van der Waals surface area contributed by atoms with E-state index >= 15 is 0 Å². The summed E-state index contributed by atoms with van der Waals surface area (Å²) in [5.74, 6) is 0. The SMILES string of the molecule is Nc1ccc2nc(-c3ccc4c(c3)CCCC4)c(CN3CCN(c4ccccc4)CC3)n2c1. The lowest BCUT2D eigenvalue weighted by Crippen LogP contribution is -2.46. The predicted octanol–water partition coefficient (Wildman–Crippen LogP) is 4.78. The van der Waals surface area contributed by atoms with Gasteiger partial charge in [-0.3, -0.25) is 4.90 Å². The normalized spacial score (nSPS) is 16.8. The molecule has 4 aromatic rings. The van der Waals surface area contributed by atoms with Crippen LogP contribution < -0.4 is 10.6 Å². The Hall–Kier alpha value is -3.31. The third-order valence-corrected chi connectivity index (χ3v) is 7.23. The first kappa shape index (κ1) is 20.3. The fraction of sp³-hybridized carbons (Fsp3) is 0.321. The van der Waals surface area contributed by atoms with E-state index in [1.165, 1.54) is 53.8 Å². The number of fused-ring (bicyclic) bond motifs is 2. The number of nitrogens with zero attached hydrogens (tertiary/aromatic N) is 4. The molecular weight excluding hydrogens is 406 g/mol. The van der Waals surface area contributed by atoms with E-state index in [1.54, 1.807) is 0 Å². The minimum absolute atomic E-state index is 0.770. The number of hydrogen-bond acceptors (Lipinski definition) is 4. The van der Waals surface area contributed by atoms with Gasteiger partial charge in [0, 0.05) is 55.9 Å². The minimum atomic E-state index is 0.770. The summed E-state index contributed by atoms with van der Waals surface area (Å²) in [6.07, 6.45) is 7.01. The molecule has 2 N–H and O–H groups in total. The van der Waals surface area contributed by atoms with Gasteiger partial charge in [0.1, 0.15) is 5.65 Å². The maximum Gasteiger partial charge on any atom is 0.137 e. The maximum absolute atomic E-state index is 6.18. The number of aromatic nitrogens is 2. The van der Waals surface area contributed by atoms with Gasteiger partial charge in [-0.2, -0.15) is 0 Å². The van der Waals surface area contributed by atoms with Crippen molar-refractivity contribution in [1.29, 1.82) is 0 Å². The zero-order valence-electron chi connectivity index (χ0n) is 19.1. The molecule has 0 saturated carbocycles. The van der Waals surface area contributed by atoms with Crippen LogP contribution in [0, 0.1) is 0 Å². The smallest absolute Gasteiger partial charge is 0.137 e. The molecule has 1 fully saturated rings. The molecule has 2 aliphatic rings. The van der Waals surface area contributed by atoms with E-state index in [4.69, 9.17) is 10.7 Å². The molecule has 5 nitrogen and oxygen atoms in total. The minimum Gasteiger partial charge on any atom is -0.398 e. The summed E-state index contributed by atoms with van der Waals surface area (Å²) in [6.45, 7) is 5.02. The summed E-state index contributed by atoms with van der Waals surface area (Å²) in [5.41, 5.74) is 15.8. The number of para-hydroxylation sites is 1. The van der Waals surface area contributed by atoms with Crippen LogP contribution in [0.4, 0.5) is 11.4 Å². The second-order valence-corrected chi connectivity index (χ2v) is 9.39. The number of hydrogen-bond donors (Lipinski definition) is 1. The number of aryl methyl sites for hydroxylation is 2.